The van der Waals surface area contributed by atoms with Crippen molar-refractivity contribution >= 4 is 54.9 Å². The minimum absolute atomic E-state index is 0.337. The van der Waals surface area contributed by atoms with E-state index in [1.54, 1.807) is 25.1 Å². The molecule has 0 aromatic heterocycles. The van der Waals surface area contributed by atoms with Gasteiger partial charge in [0.05, 0.1) is 29.2 Å². The lowest BCUT2D eigenvalue weighted by atomic mass is 10.1. The predicted octanol–water partition coefficient (Wildman–Crippen LogP) is 4.71. The minimum atomic E-state index is -0.376. The number of anilines is 3. The second kappa shape index (κ2) is 6.95. The zero-order chi connectivity index (χ0) is 15.4. The average molecular weight is 414 g/mol. The predicted molar refractivity (Wildman–Crippen MR) is 91.9 cm³/mol. The van der Waals surface area contributed by atoms with Gasteiger partial charge in [-0.1, -0.05) is 15.9 Å². The Morgan fingerprint density at radius 2 is 1.95 bits per heavy atom. The van der Waals surface area contributed by atoms with Gasteiger partial charge in [-0.15, -0.1) is 0 Å². The number of nitrogens with two attached hydrogens (primary N) is 1. The molecule has 3 N–H and O–H groups in total. The summed E-state index contributed by atoms with van der Waals surface area (Å²) in [4.78, 5) is 11.7. The van der Waals surface area contributed by atoms with Crippen LogP contribution in [0.3, 0.4) is 0 Å². The number of benzene rings is 2. The lowest BCUT2D eigenvalue weighted by Gasteiger charge is -2.12. The summed E-state index contributed by atoms with van der Waals surface area (Å²) in [6.45, 7) is 2.10. The molecule has 6 heteroatoms. The van der Waals surface area contributed by atoms with E-state index in [4.69, 9.17) is 10.5 Å². The maximum absolute atomic E-state index is 11.7. The topological polar surface area (TPSA) is 64.3 Å². The summed E-state index contributed by atoms with van der Waals surface area (Å²) in [6, 6.07) is 10.8. The molecule has 0 aliphatic heterocycles. The Labute approximate surface area is 139 Å². The van der Waals surface area contributed by atoms with Crippen LogP contribution in [0.25, 0.3) is 0 Å². The quantitative estimate of drug-likeness (QED) is 0.562. The maximum Gasteiger partial charge on any atom is 0.338 e. The molecule has 0 bridgehead atoms. The Hall–Kier alpha value is -1.53. The van der Waals surface area contributed by atoms with Crippen LogP contribution < -0.4 is 11.1 Å². The van der Waals surface area contributed by atoms with Crippen molar-refractivity contribution in [1.82, 2.24) is 0 Å². The van der Waals surface area contributed by atoms with Crippen LogP contribution in [0.5, 0.6) is 0 Å². The van der Waals surface area contributed by atoms with E-state index in [0.717, 1.165) is 20.3 Å². The fourth-order valence-corrected chi connectivity index (χ4v) is 2.46. The molecule has 0 amide bonds. The van der Waals surface area contributed by atoms with E-state index < -0.39 is 0 Å². The Kier molecular flexibility index (Phi) is 5.25. The van der Waals surface area contributed by atoms with Gasteiger partial charge in [0.1, 0.15) is 0 Å². The highest BCUT2D eigenvalue weighted by atomic mass is 79.9. The molecular weight excluding hydrogens is 400 g/mol. The molecule has 21 heavy (non-hydrogen) atoms. The third-order valence-corrected chi connectivity index (χ3v) is 3.95. The van der Waals surface area contributed by atoms with Crippen molar-refractivity contribution in [2.24, 2.45) is 0 Å². The van der Waals surface area contributed by atoms with Crippen LogP contribution in [0.1, 0.15) is 17.3 Å². The number of nitrogen functional groups attached to an aromatic ring is 1. The molecule has 2 rings (SSSR count). The molecule has 4 nitrogen and oxygen atoms in total. The monoisotopic (exact) mass is 412 g/mol. The third-order valence-electron chi connectivity index (χ3n) is 2.76. The van der Waals surface area contributed by atoms with Crippen molar-refractivity contribution in [3.8, 4) is 0 Å². The van der Waals surface area contributed by atoms with Gasteiger partial charge in [-0.05, 0) is 59.3 Å². The number of ether oxygens (including phenoxy) is 1. The maximum atomic E-state index is 11.7. The van der Waals surface area contributed by atoms with E-state index in [1.807, 2.05) is 18.2 Å². The van der Waals surface area contributed by atoms with Gasteiger partial charge in [0.2, 0.25) is 0 Å². The van der Waals surface area contributed by atoms with Crippen LogP contribution in [-0.4, -0.2) is 12.6 Å². The summed E-state index contributed by atoms with van der Waals surface area (Å²) in [5, 5.41) is 3.23. The normalized spacial score (nSPS) is 10.2. The van der Waals surface area contributed by atoms with E-state index in [1.165, 1.54) is 0 Å². The Bertz CT molecular complexity index is 675. The van der Waals surface area contributed by atoms with Crippen LogP contribution in [0.15, 0.2) is 45.3 Å². The first-order chi connectivity index (χ1) is 10.0. The van der Waals surface area contributed by atoms with Crippen LogP contribution >= 0.6 is 31.9 Å². The smallest absolute Gasteiger partial charge is 0.338 e. The second-order valence-electron chi connectivity index (χ2n) is 4.27. The number of hydrogen-bond donors (Lipinski definition) is 2. The van der Waals surface area contributed by atoms with Gasteiger partial charge in [0, 0.05) is 8.95 Å². The molecule has 2 aromatic rings. The van der Waals surface area contributed by atoms with E-state index >= 15 is 0 Å². The molecule has 2 aromatic carbocycles. The molecule has 0 aliphatic carbocycles. The first-order valence-corrected chi connectivity index (χ1v) is 7.88. The van der Waals surface area contributed by atoms with Gasteiger partial charge >= 0.3 is 5.97 Å². The highest BCUT2D eigenvalue weighted by molar-refractivity contribution is 9.11. The van der Waals surface area contributed by atoms with Crippen LogP contribution in [0.4, 0.5) is 17.1 Å². The van der Waals surface area contributed by atoms with Crippen molar-refractivity contribution < 1.29 is 9.53 Å². The van der Waals surface area contributed by atoms with Crippen molar-refractivity contribution in [1.29, 1.82) is 0 Å². The second-order valence-corrected chi connectivity index (χ2v) is 6.04. The summed E-state index contributed by atoms with van der Waals surface area (Å²) in [6.07, 6.45) is 0. The minimum Gasteiger partial charge on any atom is -0.462 e. The number of halogens is 2. The first-order valence-electron chi connectivity index (χ1n) is 6.30. The zero-order valence-corrected chi connectivity index (χ0v) is 14.5. The number of hydrogen-bond acceptors (Lipinski definition) is 4. The number of rotatable bonds is 4. The summed E-state index contributed by atoms with van der Waals surface area (Å²) in [5.74, 6) is -0.376. The molecule has 110 valence electrons. The number of esters is 1. The lowest BCUT2D eigenvalue weighted by Crippen LogP contribution is -2.06. The van der Waals surface area contributed by atoms with Gasteiger partial charge in [-0.3, -0.25) is 0 Å². The molecular formula is C15H14Br2N2O2. The first kappa shape index (κ1) is 15.9. The molecule has 0 heterocycles. The molecule has 0 atom stereocenters. The Morgan fingerprint density at radius 1 is 1.19 bits per heavy atom. The molecule has 0 aliphatic rings. The van der Waals surface area contributed by atoms with Gasteiger partial charge < -0.3 is 15.8 Å². The van der Waals surface area contributed by atoms with Crippen LogP contribution in [0.2, 0.25) is 0 Å². The SMILES string of the molecule is CCOC(=O)c1ccc(Nc2cc(Br)ccc2Br)c(N)c1. The summed E-state index contributed by atoms with van der Waals surface area (Å²) in [7, 11) is 0. The summed E-state index contributed by atoms with van der Waals surface area (Å²) < 4.78 is 6.82. The standard InChI is InChI=1S/C15H14Br2N2O2/c1-2-21-15(20)9-3-6-13(12(18)7-9)19-14-8-10(16)4-5-11(14)17/h3-8,19H,2,18H2,1H3. The third kappa shape index (κ3) is 3.98. The highest BCUT2D eigenvalue weighted by Crippen LogP contribution is 2.31. The van der Waals surface area contributed by atoms with E-state index in [9.17, 15) is 4.79 Å². The Morgan fingerprint density at radius 3 is 2.62 bits per heavy atom. The Balaban J connectivity index is 2.25. The highest BCUT2D eigenvalue weighted by Gasteiger charge is 2.10. The number of nitrogens with one attached hydrogen (secondary N) is 1. The molecule has 0 spiro atoms. The van der Waals surface area contributed by atoms with Gasteiger partial charge in [-0.25, -0.2) is 4.79 Å². The van der Waals surface area contributed by atoms with Crippen molar-refractivity contribution in [2.45, 2.75) is 6.92 Å². The molecule has 0 unspecified atom stereocenters. The molecule has 0 saturated heterocycles. The summed E-state index contributed by atoms with van der Waals surface area (Å²) >= 11 is 6.90. The van der Waals surface area contributed by atoms with Crippen LogP contribution in [0, 0.1) is 0 Å². The van der Waals surface area contributed by atoms with Gasteiger partial charge in [0.15, 0.2) is 0 Å². The van der Waals surface area contributed by atoms with Crippen molar-refractivity contribution in [3.05, 3.63) is 50.9 Å². The fraction of sp³-hybridized carbons (Fsp3) is 0.133. The fourth-order valence-electron chi connectivity index (χ4n) is 1.76. The van der Waals surface area contributed by atoms with Crippen molar-refractivity contribution in [2.75, 3.05) is 17.7 Å². The average Bonchev–Trinajstić information content (AvgIpc) is 2.45. The molecule has 0 saturated carbocycles. The number of carbonyl (C=O) groups excluding carboxylic acids is 1. The lowest BCUT2D eigenvalue weighted by molar-refractivity contribution is 0.0526. The van der Waals surface area contributed by atoms with Gasteiger partial charge in [-0.2, -0.15) is 0 Å². The summed E-state index contributed by atoms with van der Waals surface area (Å²) in [5.41, 5.74) is 8.51. The van der Waals surface area contributed by atoms with Gasteiger partial charge in [0.25, 0.3) is 0 Å². The number of carbonyl (C=O) groups is 1. The zero-order valence-electron chi connectivity index (χ0n) is 11.3. The molecule has 0 fully saturated rings. The van der Waals surface area contributed by atoms with E-state index in [0.29, 0.717) is 17.9 Å². The molecule has 0 radical (unpaired) electrons. The van der Waals surface area contributed by atoms with E-state index in [-0.39, 0.29) is 5.97 Å². The van der Waals surface area contributed by atoms with Crippen LogP contribution in [-0.2, 0) is 4.74 Å². The van der Waals surface area contributed by atoms with E-state index in [2.05, 4.69) is 37.2 Å². The largest absolute Gasteiger partial charge is 0.462 e. The van der Waals surface area contributed by atoms with Crippen molar-refractivity contribution in [3.63, 3.8) is 0 Å².